The highest BCUT2D eigenvalue weighted by Gasteiger charge is 2.29. The fourth-order valence-corrected chi connectivity index (χ4v) is 4.76. The minimum Gasteiger partial charge on any atom is -0.316 e. The lowest BCUT2D eigenvalue weighted by Gasteiger charge is -2.30. The minimum absolute atomic E-state index is 0.416. The van der Waals surface area contributed by atoms with Gasteiger partial charge in [0.2, 0.25) is 0 Å². The number of fused-ring (bicyclic) bond motifs is 1. The van der Waals surface area contributed by atoms with Crippen molar-refractivity contribution in [2.45, 2.75) is 44.6 Å². The third kappa shape index (κ3) is 2.77. The van der Waals surface area contributed by atoms with Crippen molar-refractivity contribution in [2.24, 2.45) is 7.05 Å². The zero-order valence-electron chi connectivity index (χ0n) is 12.8. The molecule has 5 heteroatoms. The smallest absolute Gasteiger partial charge is 0.130 e. The molecule has 0 spiro atoms. The van der Waals surface area contributed by atoms with Crippen molar-refractivity contribution in [1.82, 2.24) is 15.1 Å². The SMILES string of the molecule is CNC(Cc1c(C)nn(C)c1Cl)C1CCCc2sccc21. The van der Waals surface area contributed by atoms with Crippen LogP contribution in [0.15, 0.2) is 11.4 Å². The van der Waals surface area contributed by atoms with Crippen LogP contribution in [0.25, 0.3) is 0 Å². The summed E-state index contributed by atoms with van der Waals surface area (Å²) in [6.45, 7) is 2.05. The van der Waals surface area contributed by atoms with Crippen LogP contribution in [0.2, 0.25) is 5.15 Å². The van der Waals surface area contributed by atoms with Gasteiger partial charge in [-0.1, -0.05) is 11.6 Å². The van der Waals surface area contributed by atoms with Crippen LogP contribution in [0.1, 0.15) is 40.5 Å². The molecule has 3 nitrogen and oxygen atoms in total. The average Bonchev–Trinajstić information content (AvgIpc) is 3.04. The van der Waals surface area contributed by atoms with Crippen LogP contribution < -0.4 is 5.32 Å². The molecule has 2 aromatic heterocycles. The molecule has 21 heavy (non-hydrogen) atoms. The first-order chi connectivity index (χ1) is 10.1. The van der Waals surface area contributed by atoms with Crippen molar-refractivity contribution in [1.29, 1.82) is 0 Å². The maximum Gasteiger partial charge on any atom is 0.130 e. The van der Waals surface area contributed by atoms with Crippen LogP contribution in [0.4, 0.5) is 0 Å². The Morgan fingerprint density at radius 1 is 1.57 bits per heavy atom. The van der Waals surface area contributed by atoms with Crippen molar-refractivity contribution in [3.05, 3.63) is 38.3 Å². The molecule has 1 aliphatic rings. The summed E-state index contributed by atoms with van der Waals surface area (Å²) in [5, 5.41) is 11.0. The number of aromatic nitrogens is 2. The summed E-state index contributed by atoms with van der Waals surface area (Å²) in [7, 11) is 3.97. The topological polar surface area (TPSA) is 29.9 Å². The maximum atomic E-state index is 6.41. The third-order valence-corrected chi connectivity index (χ3v) is 6.12. The highest BCUT2D eigenvalue weighted by atomic mass is 35.5. The van der Waals surface area contributed by atoms with Crippen molar-refractivity contribution in [3.8, 4) is 0 Å². The summed E-state index contributed by atoms with van der Waals surface area (Å²) in [6, 6.07) is 2.73. The maximum absolute atomic E-state index is 6.41. The van der Waals surface area contributed by atoms with Gasteiger partial charge < -0.3 is 5.32 Å². The number of rotatable bonds is 4. The van der Waals surface area contributed by atoms with E-state index in [4.69, 9.17) is 11.6 Å². The van der Waals surface area contributed by atoms with E-state index < -0.39 is 0 Å². The van der Waals surface area contributed by atoms with Crippen molar-refractivity contribution in [3.63, 3.8) is 0 Å². The quantitative estimate of drug-likeness (QED) is 0.930. The van der Waals surface area contributed by atoms with E-state index in [-0.39, 0.29) is 0 Å². The Morgan fingerprint density at radius 2 is 2.38 bits per heavy atom. The fourth-order valence-electron chi connectivity index (χ4n) is 3.51. The van der Waals surface area contributed by atoms with Gasteiger partial charge in [0, 0.05) is 29.4 Å². The van der Waals surface area contributed by atoms with Crippen LogP contribution in [0.3, 0.4) is 0 Å². The number of thiophene rings is 1. The lowest BCUT2D eigenvalue weighted by molar-refractivity contribution is 0.413. The highest BCUT2D eigenvalue weighted by molar-refractivity contribution is 7.10. The molecule has 0 saturated carbocycles. The van der Waals surface area contributed by atoms with E-state index in [0.717, 1.165) is 17.3 Å². The van der Waals surface area contributed by atoms with E-state index in [2.05, 4.69) is 28.9 Å². The van der Waals surface area contributed by atoms with Crippen molar-refractivity contribution < 1.29 is 0 Å². The van der Waals surface area contributed by atoms with Crippen LogP contribution in [0, 0.1) is 6.92 Å². The van der Waals surface area contributed by atoms with Gasteiger partial charge in [-0.25, -0.2) is 0 Å². The molecule has 114 valence electrons. The van der Waals surface area contributed by atoms with Gasteiger partial charge in [-0.15, -0.1) is 11.3 Å². The summed E-state index contributed by atoms with van der Waals surface area (Å²) < 4.78 is 1.77. The average molecular weight is 324 g/mol. The molecule has 2 atom stereocenters. The van der Waals surface area contributed by atoms with Gasteiger partial charge in [0.1, 0.15) is 5.15 Å². The molecule has 0 aromatic carbocycles. The number of nitrogens with zero attached hydrogens (tertiary/aromatic N) is 2. The first-order valence-electron chi connectivity index (χ1n) is 7.53. The summed E-state index contributed by atoms with van der Waals surface area (Å²) in [4.78, 5) is 1.57. The first-order valence-corrected chi connectivity index (χ1v) is 8.79. The van der Waals surface area contributed by atoms with E-state index in [0.29, 0.717) is 12.0 Å². The van der Waals surface area contributed by atoms with Crippen LogP contribution in [0.5, 0.6) is 0 Å². The molecule has 0 bridgehead atoms. The molecule has 1 aliphatic carbocycles. The third-order valence-electron chi connectivity index (χ3n) is 4.65. The zero-order chi connectivity index (χ0) is 15.0. The Hall–Kier alpha value is -0.840. The Morgan fingerprint density at radius 3 is 3.05 bits per heavy atom. The van der Waals surface area contributed by atoms with Gasteiger partial charge >= 0.3 is 0 Å². The Kier molecular flexibility index (Phi) is 4.38. The molecule has 2 unspecified atom stereocenters. The number of aryl methyl sites for hydroxylation is 3. The number of likely N-dealkylation sites (N-methyl/N-ethyl adjacent to an activating group) is 1. The van der Waals surface area contributed by atoms with E-state index in [1.165, 1.54) is 24.8 Å². The van der Waals surface area contributed by atoms with Gasteiger partial charge in [0.15, 0.2) is 0 Å². The molecule has 0 aliphatic heterocycles. The Bertz CT molecular complexity index is 632. The molecule has 0 amide bonds. The van der Waals surface area contributed by atoms with E-state index in [1.54, 1.807) is 15.1 Å². The number of nitrogens with one attached hydrogen (secondary N) is 1. The predicted molar refractivity (Wildman–Crippen MR) is 89.5 cm³/mol. The van der Waals surface area contributed by atoms with Crippen LogP contribution in [-0.2, 0) is 19.9 Å². The first kappa shape index (κ1) is 15.1. The number of halogens is 1. The van der Waals surface area contributed by atoms with Crippen molar-refractivity contribution >= 4 is 22.9 Å². The summed E-state index contributed by atoms with van der Waals surface area (Å²) >= 11 is 8.31. The van der Waals surface area contributed by atoms with Crippen molar-refractivity contribution in [2.75, 3.05) is 7.05 Å². The Balaban J connectivity index is 1.87. The molecule has 0 radical (unpaired) electrons. The molecule has 2 aromatic rings. The van der Waals surface area contributed by atoms with Crippen LogP contribution in [-0.4, -0.2) is 22.9 Å². The second kappa shape index (κ2) is 6.11. The van der Waals surface area contributed by atoms with E-state index in [9.17, 15) is 0 Å². The summed E-state index contributed by atoms with van der Waals surface area (Å²) in [5.74, 6) is 0.584. The molecule has 0 fully saturated rings. The second-order valence-corrected chi connectivity index (χ2v) is 7.23. The normalized spacial score (nSPS) is 19.5. The van der Waals surface area contributed by atoms with Gasteiger partial charge in [-0.3, -0.25) is 4.68 Å². The Labute approximate surface area is 135 Å². The molecular weight excluding hydrogens is 302 g/mol. The molecule has 2 heterocycles. The van der Waals surface area contributed by atoms with Crippen LogP contribution >= 0.6 is 22.9 Å². The summed E-state index contributed by atoms with van der Waals surface area (Å²) in [6.07, 6.45) is 4.73. The lowest BCUT2D eigenvalue weighted by Crippen LogP contribution is -2.35. The largest absolute Gasteiger partial charge is 0.316 e. The summed E-state index contributed by atoms with van der Waals surface area (Å²) in [5.41, 5.74) is 3.77. The van der Waals surface area contributed by atoms with Gasteiger partial charge in [0.25, 0.3) is 0 Å². The molecule has 3 rings (SSSR count). The number of hydrogen-bond donors (Lipinski definition) is 1. The molecular formula is C16H22ClN3S. The lowest BCUT2D eigenvalue weighted by atomic mass is 9.80. The molecule has 0 saturated heterocycles. The van der Waals surface area contributed by atoms with Gasteiger partial charge in [-0.2, -0.15) is 5.10 Å². The monoisotopic (exact) mass is 323 g/mol. The van der Waals surface area contributed by atoms with E-state index >= 15 is 0 Å². The second-order valence-electron chi connectivity index (χ2n) is 5.88. The minimum atomic E-state index is 0.416. The fraction of sp³-hybridized carbons (Fsp3) is 0.562. The predicted octanol–water partition coefficient (Wildman–Crippen LogP) is 3.69. The standard InChI is InChI=1S/C16H22ClN3S/c1-10-13(16(17)20(3)19-10)9-14(18-2)11-5-4-6-15-12(11)7-8-21-15/h7-8,11,14,18H,4-6,9H2,1-3H3. The van der Waals surface area contributed by atoms with Gasteiger partial charge in [0.05, 0.1) is 5.69 Å². The number of hydrogen-bond acceptors (Lipinski definition) is 3. The highest BCUT2D eigenvalue weighted by Crippen LogP contribution is 2.38. The van der Waals surface area contributed by atoms with Gasteiger partial charge in [-0.05, 0) is 56.7 Å². The zero-order valence-corrected chi connectivity index (χ0v) is 14.4. The molecule has 1 N–H and O–H groups in total. The van der Waals surface area contributed by atoms with E-state index in [1.807, 2.05) is 25.3 Å².